The van der Waals surface area contributed by atoms with Crippen molar-refractivity contribution in [3.63, 3.8) is 0 Å². The Hall–Kier alpha value is -12.1. The highest BCUT2D eigenvalue weighted by atomic mass is 19.1. The van der Waals surface area contributed by atoms with Gasteiger partial charge in [-0.3, -0.25) is 67.3 Å². The summed E-state index contributed by atoms with van der Waals surface area (Å²) in [4.78, 5) is 191. The Morgan fingerprint density at radius 2 is 1.31 bits per heavy atom. The highest BCUT2D eigenvalue weighted by molar-refractivity contribution is 6.01. The van der Waals surface area contributed by atoms with Gasteiger partial charge in [0.25, 0.3) is 0 Å². The lowest BCUT2D eigenvalue weighted by Crippen LogP contribution is -2.67. The zero-order chi connectivity index (χ0) is 82.3. The largest absolute Gasteiger partial charge is 0.497 e. The van der Waals surface area contributed by atoms with E-state index < -0.39 is 193 Å². The molecule has 0 unspecified atom stereocenters. The molecule has 2 aromatic heterocycles. The van der Waals surface area contributed by atoms with E-state index in [9.17, 15) is 87.9 Å². The first-order valence-electron chi connectivity index (χ1n) is 36.1. The lowest BCUT2D eigenvalue weighted by Gasteiger charge is -2.36. The normalized spacial score (nSPS) is 16.4. The van der Waals surface area contributed by atoms with Crippen LogP contribution in [0.15, 0.2) is 122 Å². The van der Waals surface area contributed by atoms with E-state index in [1.54, 1.807) is 49.6 Å². The maximum Gasteiger partial charge on any atom is 0.305 e. The predicted molar refractivity (Wildman–Crippen MR) is 401 cm³/mol. The summed E-state index contributed by atoms with van der Waals surface area (Å²) in [5, 5.41) is 73.2. The predicted octanol–water partition coefficient (Wildman–Crippen LogP) is -0.900. The molecule has 1 saturated heterocycles. The number of amides is 11. The number of carboxylic acids is 2. The number of imidazole rings is 1. The van der Waals surface area contributed by atoms with Crippen LogP contribution in [0.3, 0.4) is 0 Å². The van der Waals surface area contributed by atoms with Crippen LogP contribution in [0.5, 0.6) is 5.75 Å². The fourth-order valence-corrected chi connectivity index (χ4v) is 12.7. The Morgan fingerprint density at radius 3 is 1.92 bits per heavy atom. The third-order valence-corrected chi connectivity index (χ3v) is 19.1. The molecule has 34 nitrogen and oxygen atoms in total. The lowest BCUT2D eigenvalue weighted by atomic mass is 9.90. The molecular weight excluding hydrogens is 1460 g/mol. The Kier molecular flexibility index (Phi) is 31.2. The van der Waals surface area contributed by atoms with Crippen LogP contribution in [0.25, 0.3) is 22.4 Å². The number of carboxylic acid groups (broad SMARTS) is 2. The van der Waals surface area contributed by atoms with Crippen molar-refractivity contribution in [2.75, 3.05) is 26.8 Å². The quantitative estimate of drug-likeness (QED) is 0.0222. The molecule has 1 aliphatic rings. The molecule has 7 rings (SSSR count). The van der Waals surface area contributed by atoms with Crippen molar-refractivity contribution in [1.29, 1.82) is 0 Å². The van der Waals surface area contributed by atoms with Crippen molar-refractivity contribution in [1.82, 2.24) is 67.7 Å². The van der Waals surface area contributed by atoms with Crippen molar-refractivity contribution in [2.24, 2.45) is 11.5 Å². The molecule has 1 aliphatic heterocycles. The number of pyridine rings is 1. The number of rotatable bonds is 40. The van der Waals surface area contributed by atoms with Crippen LogP contribution in [-0.4, -0.2) is 221 Å². The lowest BCUT2D eigenvalue weighted by molar-refractivity contribution is -0.146. The Bertz CT molecular complexity index is 4380. The molecule has 3 heterocycles. The van der Waals surface area contributed by atoms with Gasteiger partial charge in [0.15, 0.2) is 0 Å². The monoisotopic (exact) mass is 1550 g/mol. The maximum absolute atomic E-state index is 15.5. The summed E-state index contributed by atoms with van der Waals surface area (Å²) >= 11 is 0. The summed E-state index contributed by atoms with van der Waals surface area (Å²) in [7, 11) is 1.54. The number of aliphatic carboxylic acids is 2. The minimum absolute atomic E-state index is 0.0525. The van der Waals surface area contributed by atoms with Crippen molar-refractivity contribution in [3.8, 4) is 28.1 Å². The first kappa shape index (κ1) is 87.1. The van der Waals surface area contributed by atoms with Gasteiger partial charge in [0, 0.05) is 62.3 Å². The van der Waals surface area contributed by atoms with Crippen molar-refractivity contribution >= 4 is 76.9 Å². The number of halogens is 1. The number of nitrogens with two attached hydrogens (primary N) is 2. The molecule has 600 valence electrons. The number of hydrogen-bond donors (Lipinski definition) is 17. The number of likely N-dealkylation sites (tertiary alicyclic amines) is 1. The van der Waals surface area contributed by atoms with Gasteiger partial charge in [-0.1, -0.05) is 85.8 Å². The average Bonchev–Trinajstić information content (AvgIpc) is 1.55. The van der Waals surface area contributed by atoms with Gasteiger partial charge in [0.2, 0.25) is 65.0 Å². The van der Waals surface area contributed by atoms with Crippen LogP contribution in [0.1, 0.15) is 100 Å². The molecule has 11 amide bonds. The number of hydrogen-bond acceptors (Lipinski definition) is 20. The first-order chi connectivity index (χ1) is 53.1. The first-order valence-corrected chi connectivity index (χ1v) is 36.1. The van der Waals surface area contributed by atoms with E-state index in [1.807, 2.05) is 50.2 Å². The molecule has 4 aromatic carbocycles. The van der Waals surface area contributed by atoms with Crippen LogP contribution in [0.2, 0.25) is 0 Å². The van der Waals surface area contributed by atoms with E-state index in [4.69, 9.17) is 16.2 Å². The summed E-state index contributed by atoms with van der Waals surface area (Å²) in [5.74, 6) is -15.7. The van der Waals surface area contributed by atoms with Crippen LogP contribution in [-0.2, 0) is 94.4 Å². The minimum atomic E-state index is -2.43. The SMILES string of the molecule is CCc1cc(OC)ccc1-c1ccc(C[C@H](NC(=O)[C@H](CC(=O)O)NC(=O)[C@H](CO)NC(=O)[C@@H](NC(=O)[C@](C)(Cc2ccccc2F)NC(=O)[C@@H](NC(=O)CNC(=O)[C@H](CCC(=O)O)NC(=O)[C@@]2(C)CCCN2C(=O)[C@@H](N)Cc2cnc[nH]2)[C@@H](C)O)[C@@H](C)O)C(=O)N[C@@H](Cc2ccc(-c3ccccc3C)nc2)C(N)=O)cc1. The number of aromatic nitrogens is 3. The molecule has 0 aliphatic carbocycles. The van der Waals surface area contributed by atoms with E-state index in [1.165, 1.54) is 48.7 Å². The van der Waals surface area contributed by atoms with E-state index in [2.05, 4.69) is 62.8 Å². The Morgan fingerprint density at radius 1 is 0.688 bits per heavy atom. The molecule has 0 spiro atoms. The number of methoxy groups -OCH3 is 1. The second-order valence-corrected chi connectivity index (χ2v) is 27.8. The number of aliphatic hydroxyl groups is 3. The number of aliphatic hydroxyl groups excluding tert-OH is 3. The second kappa shape index (κ2) is 40.0. The molecule has 19 N–H and O–H groups in total. The summed E-state index contributed by atoms with van der Waals surface area (Å²) in [5.41, 5.74) is 14.4. The van der Waals surface area contributed by atoms with Gasteiger partial charge in [-0.05, 0) is 124 Å². The van der Waals surface area contributed by atoms with Gasteiger partial charge >= 0.3 is 11.9 Å². The number of carbonyl (C=O) groups excluding carboxylic acids is 11. The smallest absolute Gasteiger partial charge is 0.305 e. The van der Waals surface area contributed by atoms with Crippen molar-refractivity contribution in [3.05, 3.63) is 161 Å². The van der Waals surface area contributed by atoms with E-state index in [0.29, 0.717) is 41.1 Å². The van der Waals surface area contributed by atoms with Crippen molar-refractivity contribution < 1.29 is 97.0 Å². The van der Waals surface area contributed by atoms with Crippen LogP contribution >= 0.6 is 0 Å². The number of aryl methyl sites for hydroxylation is 2. The topological polar surface area (TPSA) is 537 Å². The van der Waals surface area contributed by atoms with E-state index >= 15 is 4.39 Å². The highest BCUT2D eigenvalue weighted by Gasteiger charge is 2.48. The second-order valence-electron chi connectivity index (χ2n) is 27.8. The van der Waals surface area contributed by atoms with Crippen molar-refractivity contribution in [2.45, 2.75) is 177 Å². The molecular formula is C77H96FN15O19. The molecule has 35 heteroatoms. The van der Waals surface area contributed by atoms with Gasteiger partial charge in [-0.25, -0.2) is 9.37 Å². The van der Waals surface area contributed by atoms with Gasteiger partial charge in [-0.2, -0.15) is 0 Å². The maximum atomic E-state index is 15.5. The van der Waals surface area contributed by atoms with Crippen LogP contribution in [0, 0.1) is 12.7 Å². The average molecular weight is 1550 g/mol. The molecule has 0 radical (unpaired) electrons. The Balaban J connectivity index is 1.05. The molecule has 0 bridgehead atoms. The Labute approximate surface area is 644 Å². The standard InChI is InChI=1S/C77H96FN15O19/c1-8-46-32-50(112-7)23-24-52(46)47-21-18-44(19-22-47)30-58(68(104)85-57(66(80)102)31-45-20-25-55(82-36-45)51-16-11-9-14-41(51)2)86-69(105)59(34-63(100)101)87-70(106)60(39-94)88-71(107)64(42(3)95)91-74(110)76(5,35-48-15-10-12-17-53(48)78)92-72(108)65(43(4)96)90-61(97)38-83-67(103)56(26-27-62(98)99)89-75(111)77(6)28-13-29-93(77)73(109)54(79)33-49-37-81-40-84-49/h9-12,14-25,32,36-37,40,42-43,54,56-60,64-65,94-96H,8,13,26-31,33-35,38-39,79H2,1-7H3,(H2,80,102)(H,81,84)(H,83,103)(H,85,104)(H,86,105)(H,87,106)(H,88,107)(H,89,111)(H,90,97)(H,91,110)(H,92,108)(H,98,99)(H,100,101)/t42-,43-,54+,56+,57+,58+,59+,60+,64+,65+,76+,77-/m1/s1. The summed E-state index contributed by atoms with van der Waals surface area (Å²) in [6, 6.07) is 14.2. The third-order valence-electron chi connectivity index (χ3n) is 19.1. The number of nitrogens with one attached hydrogen (secondary N) is 10. The van der Waals surface area contributed by atoms with Gasteiger partial charge < -0.3 is 99.5 Å². The molecule has 112 heavy (non-hydrogen) atoms. The molecule has 1 fully saturated rings. The molecule has 0 saturated carbocycles. The fraction of sp³-hybridized carbons (Fsp3) is 0.416. The number of benzene rings is 4. The van der Waals surface area contributed by atoms with Gasteiger partial charge in [0.05, 0.1) is 57.0 Å². The number of aromatic amines is 1. The number of carbonyl (C=O) groups is 13. The zero-order valence-corrected chi connectivity index (χ0v) is 62.8. The number of nitrogens with zero attached hydrogens (tertiary/aromatic N) is 3. The highest BCUT2D eigenvalue weighted by Crippen LogP contribution is 2.32. The van der Waals surface area contributed by atoms with Gasteiger partial charge in [0.1, 0.15) is 64.9 Å². The zero-order valence-electron chi connectivity index (χ0n) is 62.8. The number of H-pyrrole nitrogens is 1. The number of primary amides is 1. The van der Waals surface area contributed by atoms with Crippen LogP contribution in [0.4, 0.5) is 4.39 Å². The third kappa shape index (κ3) is 23.7. The van der Waals surface area contributed by atoms with Gasteiger partial charge in [-0.15, -0.1) is 0 Å². The fourth-order valence-electron chi connectivity index (χ4n) is 12.7. The minimum Gasteiger partial charge on any atom is -0.497 e. The van der Waals surface area contributed by atoms with Crippen LogP contribution < -0.4 is 64.1 Å². The number of ether oxygens (including phenoxy) is 1. The summed E-state index contributed by atoms with van der Waals surface area (Å²) in [6.07, 6.45) is -1.72. The van der Waals surface area contributed by atoms with E-state index in [0.717, 1.165) is 54.7 Å². The molecule has 12 atom stereocenters. The van der Waals surface area contributed by atoms with E-state index in [-0.39, 0.29) is 37.8 Å². The summed E-state index contributed by atoms with van der Waals surface area (Å²) < 4.78 is 20.9. The summed E-state index contributed by atoms with van der Waals surface area (Å²) in [6.45, 7) is 6.28. The molecule has 6 aromatic rings.